The van der Waals surface area contributed by atoms with Gasteiger partial charge in [-0.25, -0.2) is 19.3 Å². The zero-order valence-corrected chi connectivity index (χ0v) is 11.5. The molecule has 2 aromatic heterocycles. The maximum Gasteiger partial charge on any atom is 0.183 e. The molecular weight excluding hydrogens is 313 g/mol. The van der Waals surface area contributed by atoms with Gasteiger partial charge in [0.25, 0.3) is 0 Å². The third kappa shape index (κ3) is 2.17. The Morgan fingerprint density at radius 1 is 1.32 bits per heavy atom. The number of hydrogen-bond acceptors (Lipinski definition) is 4. The fraction of sp³-hybridized carbons (Fsp3) is 0.0833. The maximum absolute atomic E-state index is 13.3. The molecule has 0 bridgehead atoms. The van der Waals surface area contributed by atoms with Gasteiger partial charge in [0.15, 0.2) is 11.5 Å². The highest BCUT2D eigenvalue weighted by molar-refractivity contribution is 9.10. The van der Waals surface area contributed by atoms with E-state index in [1.165, 1.54) is 12.1 Å². The zero-order valence-electron chi connectivity index (χ0n) is 9.93. The molecule has 0 aliphatic rings. The first-order chi connectivity index (χ1) is 9.15. The molecule has 0 atom stereocenters. The molecule has 0 amide bonds. The summed E-state index contributed by atoms with van der Waals surface area (Å²) in [6.07, 6.45) is 1.55. The van der Waals surface area contributed by atoms with Crippen LogP contribution < -0.4 is 3.93 Å². The summed E-state index contributed by atoms with van der Waals surface area (Å²) in [7, 11) is 0. The number of fused-ring (bicyclic) bond motifs is 1. The van der Waals surface area contributed by atoms with E-state index in [2.05, 4.69) is 36.1 Å². The van der Waals surface area contributed by atoms with Crippen LogP contribution in [-0.4, -0.2) is 19.9 Å². The largest absolute Gasteiger partial charge is 0.340 e. The van der Waals surface area contributed by atoms with Gasteiger partial charge in [0, 0.05) is 0 Å². The minimum absolute atomic E-state index is 0.311. The van der Waals surface area contributed by atoms with Crippen LogP contribution in [0, 0.1) is 12.7 Å². The summed E-state index contributed by atoms with van der Waals surface area (Å²) in [6, 6.07) is 6.21. The van der Waals surface area contributed by atoms with Gasteiger partial charge in [0.1, 0.15) is 17.2 Å². The molecule has 1 aromatic carbocycles. The number of aryl methyl sites for hydroxylation is 1. The lowest BCUT2D eigenvalue weighted by Gasteiger charge is -2.16. The Morgan fingerprint density at radius 3 is 2.95 bits per heavy atom. The van der Waals surface area contributed by atoms with Crippen LogP contribution in [0.3, 0.4) is 0 Å². The molecule has 5 nitrogen and oxygen atoms in total. The Labute approximate surface area is 116 Å². The Bertz CT molecular complexity index is 742. The Hall–Kier alpha value is -2.02. The minimum Gasteiger partial charge on any atom is -0.340 e. The number of imidazole rings is 1. The molecule has 3 aromatic rings. The summed E-state index contributed by atoms with van der Waals surface area (Å²) < 4.78 is 14.9. The van der Waals surface area contributed by atoms with Gasteiger partial charge in [-0.2, -0.15) is 0 Å². The lowest BCUT2D eigenvalue weighted by atomic mass is 10.3. The monoisotopic (exact) mass is 321 g/mol. The van der Waals surface area contributed by atoms with Crippen LogP contribution in [0.2, 0.25) is 0 Å². The summed E-state index contributed by atoms with van der Waals surface area (Å²) in [4.78, 5) is 15.7. The molecule has 2 heterocycles. The molecular formula is C12H9BrFN5. The van der Waals surface area contributed by atoms with E-state index in [1.54, 1.807) is 29.3 Å². The number of H-pyrrole nitrogens is 1. The van der Waals surface area contributed by atoms with E-state index in [1.807, 2.05) is 0 Å². The number of aromatic nitrogens is 4. The van der Waals surface area contributed by atoms with Crippen molar-refractivity contribution in [1.82, 2.24) is 19.9 Å². The predicted molar refractivity (Wildman–Crippen MR) is 73.9 cm³/mol. The summed E-state index contributed by atoms with van der Waals surface area (Å²) in [5.74, 6) is 0.870. The third-order valence-electron chi connectivity index (χ3n) is 2.60. The van der Waals surface area contributed by atoms with E-state index in [0.29, 0.717) is 28.5 Å². The molecule has 0 saturated heterocycles. The molecule has 0 saturated carbocycles. The van der Waals surface area contributed by atoms with Crippen LogP contribution in [0.4, 0.5) is 15.9 Å². The SMILES string of the molecule is Cc1nc(N(Br)c2cccc(F)c2)c2[nH]cnc2n1. The van der Waals surface area contributed by atoms with Gasteiger partial charge >= 0.3 is 0 Å². The van der Waals surface area contributed by atoms with Gasteiger partial charge in [0.2, 0.25) is 0 Å². The second-order valence-electron chi connectivity index (χ2n) is 3.96. The molecule has 7 heteroatoms. The molecule has 0 aliphatic heterocycles. The Morgan fingerprint density at radius 2 is 2.16 bits per heavy atom. The first-order valence-electron chi connectivity index (χ1n) is 5.54. The quantitative estimate of drug-likeness (QED) is 0.736. The van der Waals surface area contributed by atoms with Crippen molar-refractivity contribution in [2.75, 3.05) is 3.93 Å². The summed E-state index contributed by atoms with van der Waals surface area (Å²) in [5.41, 5.74) is 1.89. The second kappa shape index (κ2) is 4.58. The van der Waals surface area contributed by atoms with Gasteiger partial charge < -0.3 is 4.98 Å². The fourth-order valence-corrected chi connectivity index (χ4v) is 2.26. The Kier molecular flexibility index (Phi) is 2.90. The van der Waals surface area contributed by atoms with Crippen LogP contribution in [0.15, 0.2) is 30.6 Å². The average Bonchev–Trinajstić information content (AvgIpc) is 2.85. The second-order valence-corrected chi connectivity index (χ2v) is 4.67. The van der Waals surface area contributed by atoms with Crippen LogP contribution in [-0.2, 0) is 0 Å². The lowest BCUT2D eigenvalue weighted by Crippen LogP contribution is -2.06. The van der Waals surface area contributed by atoms with E-state index in [-0.39, 0.29) is 5.82 Å². The van der Waals surface area contributed by atoms with Gasteiger partial charge in [-0.3, -0.25) is 3.93 Å². The van der Waals surface area contributed by atoms with E-state index >= 15 is 0 Å². The van der Waals surface area contributed by atoms with Crippen molar-refractivity contribution in [3.63, 3.8) is 0 Å². The van der Waals surface area contributed by atoms with E-state index in [4.69, 9.17) is 0 Å². The average molecular weight is 322 g/mol. The number of benzene rings is 1. The topological polar surface area (TPSA) is 57.7 Å². The number of halogens is 2. The highest BCUT2D eigenvalue weighted by atomic mass is 79.9. The molecule has 0 fully saturated rings. The van der Waals surface area contributed by atoms with Crippen LogP contribution in [0.1, 0.15) is 5.82 Å². The standard InChI is InChI=1S/C12H9BrFN5/c1-7-17-11-10(15-6-16-11)12(18-7)19(13)9-4-2-3-8(14)5-9/h2-6H,1H3,(H,15,16,17,18). The third-order valence-corrected chi connectivity index (χ3v) is 3.34. The van der Waals surface area contributed by atoms with Gasteiger partial charge in [-0.15, -0.1) is 0 Å². The summed E-state index contributed by atoms with van der Waals surface area (Å²) >= 11 is 3.40. The number of nitrogens with one attached hydrogen (secondary N) is 1. The molecule has 0 spiro atoms. The van der Waals surface area contributed by atoms with Crippen molar-refractivity contribution >= 4 is 38.8 Å². The zero-order chi connectivity index (χ0) is 13.4. The smallest absolute Gasteiger partial charge is 0.183 e. The Balaban J connectivity index is 2.15. The van der Waals surface area contributed by atoms with E-state index < -0.39 is 0 Å². The molecule has 19 heavy (non-hydrogen) atoms. The minimum atomic E-state index is -0.311. The van der Waals surface area contributed by atoms with E-state index in [0.717, 1.165) is 0 Å². The van der Waals surface area contributed by atoms with Gasteiger partial charge in [-0.05, 0) is 25.1 Å². The summed E-state index contributed by atoms with van der Waals surface area (Å²) in [5, 5.41) is 0. The maximum atomic E-state index is 13.3. The molecule has 1 N–H and O–H groups in total. The van der Waals surface area contributed by atoms with Crippen molar-refractivity contribution < 1.29 is 4.39 Å². The molecule has 3 rings (SSSR count). The van der Waals surface area contributed by atoms with Crippen molar-refractivity contribution in [3.8, 4) is 0 Å². The van der Waals surface area contributed by atoms with Crippen molar-refractivity contribution in [2.24, 2.45) is 0 Å². The number of hydrogen-bond donors (Lipinski definition) is 1. The number of aromatic amines is 1. The molecule has 0 aliphatic carbocycles. The van der Waals surface area contributed by atoms with Crippen LogP contribution in [0.5, 0.6) is 0 Å². The molecule has 0 radical (unpaired) electrons. The predicted octanol–water partition coefficient (Wildman–Crippen LogP) is 3.25. The fourth-order valence-electron chi connectivity index (χ4n) is 1.79. The highest BCUT2D eigenvalue weighted by Gasteiger charge is 2.15. The van der Waals surface area contributed by atoms with Crippen molar-refractivity contribution in [2.45, 2.75) is 6.92 Å². The number of rotatable bonds is 2. The number of anilines is 2. The van der Waals surface area contributed by atoms with Gasteiger partial charge in [0.05, 0.1) is 28.2 Å². The van der Waals surface area contributed by atoms with Crippen molar-refractivity contribution in [1.29, 1.82) is 0 Å². The van der Waals surface area contributed by atoms with Crippen LogP contribution >= 0.6 is 16.1 Å². The first kappa shape index (κ1) is 12.0. The summed E-state index contributed by atoms with van der Waals surface area (Å²) in [6.45, 7) is 1.78. The van der Waals surface area contributed by atoms with Crippen LogP contribution in [0.25, 0.3) is 11.2 Å². The van der Waals surface area contributed by atoms with E-state index in [9.17, 15) is 4.39 Å². The number of nitrogens with zero attached hydrogens (tertiary/aromatic N) is 4. The van der Waals surface area contributed by atoms with Crippen molar-refractivity contribution in [3.05, 3.63) is 42.2 Å². The highest BCUT2D eigenvalue weighted by Crippen LogP contribution is 2.31. The molecule has 96 valence electrons. The first-order valence-corrected chi connectivity index (χ1v) is 6.25. The molecule has 0 unspecified atom stereocenters. The lowest BCUT2D eigenvalue weighted by molar-refractivity contribution is 0.628. The van der Waals surface area contributed by atoms with Gasteiger partial charge in [-0.1, -0.05) is 6.07 Å². The normalized spacial score (nSPS) is 10.9.